The first-order chi connectivity index (χ1) is 11.7. The standard InChI is InChI=1S/C18H30N4O2/c23-17(21-19-13-15-7-3-1-4-8-15)11-12-18(24)22-20-14-16-9-5-2-6-10-16/h13-16H,1-12H2,(H,21,23)(H,22,24). The summed E-state index contributed by atoms with van der Waals surface area (Å²) in [4.78, 5) is 23.3. The third-order valence-corrected chi connectivity index (χ3v) is 4.83. The summed E-state index contributed by atoms with van der Waals surface area (Å²) in [6.45, 7) is 0. The summed E-state index contributed by atoms with van der Waals surface area (Å²) in [6.07, 6.45) is 16.1. The summed E-state index contributed by atoms with van der Waals surface area (Å²) in [5, 5.41) is 8.02. The number of amides is 2. The van der Waals surface area contributed by atoms with Crippen LogP contribution in [-0.2, 0) is 9.59 Å². The van der Waals surface area contributed by atoms with Gasteiger partial charge in [0.05, 0.1) is 0 Å². The SMILES string of the molecule is O=C(CCC(=O)NN=CC1CCCCC1)NN=CC1CCCCC1. The van der Waals surface area contributed by atoms with Crippen molar-refractivity contribution < 1.29 is 9.59 Å². The van der Waals surface area contributed by atoms with Gasteiger partial charge in [0.25, 0.3) is 0 Å². The topological polar surface area (TPSA) is 82.9 Å². The van der Waals surface area contributed by atoms with Gasteiger partial charge in [-0.2, -0.15) is 10.2 Å². The molecule has 134 valence electrons. The van der Waals surface area contributed by atoms with Gasteiger partial charge in [-0.1, -0.05) is 38.5 Å². The molecule has 0 aromatic carbocycles. The Kier molecular flexibility index (Phi) is 8.49. The van der Waals surface area contributed by atoms with E-state index in [0.29, 0.717) is 11.8 Å². The van der Waals surface area contributed by atoms with E-state index in [9.17, 15) is 9.59 Å². The largest absolute Gasteiger partial charge is 0.273 e. The van der Waals surface area contributed by atoms with Crippen molar-refractivity contribution in [1.82, 2.24) is 10.9 Å². The Morgan fingerprint density at radius 2 is 1.08 bits per heavy atom. The van der Waals surface area contributed by atoms with Crippen molar-refractivity contribution in [3.8, 4) is 0 Å². The van der Waals surface area contributed by atoms with Crippen LogP contribution in [0.1, 0.15) is 77.0 Å². The lowest BCUT2D eigenvalue weighted by atomic mass is 9.90. The zero-order chi connectivity index (χ0) is 17.0. The molecule has 2 aliphatic carbocycles. The molecule has 2 aliphatic rings. The Hall–Kier alpha value is -1.72. The number of nitrogens with one attached hydrogen (secondary N) is 2. The van der Waals surface area contributed by atoms with Gasteiger partial charge in [-0.3, -0.25) is 9.59 Å². The quantitative estimate of drug-likeness (QED) is 0.554. The molecule has 2 rings (SSSR count). The summed E-state index contributed by atoms with van der Waals surface area (Å²) < 4.78 is 0. The first-order valence-corrected chi connectivity index (χ1v) is 9.38. The van der Waals surface area contributed by atoms with Gasteiger partial charge in [0.1, 0.15) is 0 Å². The highest BCUT2D eigenvalue weighted by molar-refractivity contribution is 5.84. The van der Waals surface area contributed by atoms with E-state index < -0.39 is 0 Å². The molecule has 0 bridgehead atoms. The maximum absolute atomic E-state index is 11.7. The predicted molar refractivity (Wildman–Crippen MR) is 95.7 cm³/mol. The molecule has 2 N–H and O–H groups in total. The van der Waals surface area contributed by atoms with E-state index in [4.69, 9.17) is 0 Å². The second-order valence-electron chi connectivity index (χ2n) is 6.92. The highest BCUT2D eigenvalue weighted by Gasteiger charge is 2.12. The Morgan fingerprint density at radius 1 is 0.708 bits per heavy atom. The van der Waals surface area contributed by atoms with Crippen LogP contribution in [0.2, 0.25) is 0 Å². The van der Waals surface area contributed by atoms with Crippen molar-refractivity contribution in [1.29, 1.82) is 0 Å². The van der Waals surface area contributed by atoms with Crippen LogP contribution in [0.25, 0.3) is 0 Å². The molecule has 2 fully saturated rings. The fourth-order valence-electron chi connectivity index (χ4n) is 3.33. The van der Waals surface area contributed by atoms with Crippen molar-refractivity contribution in [3.63, 3.8) is 0 Å². The lowest BCUT2D eigenvalue weighted by Gasteiger charge is -2.16. The van der Waals surface area contributed by atoms with Crippen LogP contribution in [0, 0.1) is 11.8 Å². The molecule has 6 heteroatoms. The minimum absolute atomic E-state index is 0.132. The normalized spacial score (nSPS) is 20.5. The van der Waals surface area contributed by atoms with Crippen LogP contribution in [0.4, 0.5) is 0 Å². The molecule has 6 nitrogen and oxygen atoms in total. The van der Waals surface area contributed by atoms with Gasteiger partial charge >= 0.3 is 0 Å². The van der Waals surface area contributed by atoms with Gasteiger partial charge in [-0.15, -0.1) is 0 Å². The Labute approximate surface area is 144 Å². The summed E-state index contributed by atoms with van der Waals surface area (Å²) in [7, 11) is 0. The van der Waals surface area contributed by atoms with Gasteiger partial charge in [-0.25, -0.2) is 10.9 Å². The molecule has 2 saturated carbocycles. The molecule has 0 aromatic rings. The van der Waals surface area contributed by atoms with E-state index in [1.54, 1.807) is 0 Å². The predicted octanol–water partition coefficient (Wildman–Crippen LogP) is 3.13. The molecule has 0 aromatic heterocycles. The number of rotatable bonds is 7. The molecule has 0 saturated heterocycles. The molecule has 2 amide bonds. The van der Waals surface area contributed by atoms with Crippen LogP contribution in [0.15, 0.2) is 10.2 Å². The molecule has 0 spiro atoms. The van der Waals surface area contributed by atoms with Gasteiger partial charge in [0.2, 0.25) is 11.8 Å². The summed E-state index contributed by atoms with van der Waals surface area (Å²) >= 11 is 0. The number of carbonyl (C=O) groups is 2. The van der Waals surface area contributed by atoms with Crippen LogP contribution in [0.5, 0.6) is 0 Å². The Morgan fingerprint density at radius 3 is 1.46 bits per heavy atom. The maximum atomic E-state index is 11.7. The number of hydrogen-bond donors (Lipinski definition) is 2. The fourth-order valence-corrected chi connectivity index (χ4v) is 3.33. The number of hydrazone groups is 2. The number of hydrogen-bond acceptors (Lipinski definition) is 4. The van der Waals surface area contributed by atoms with Crippen LogP contribution >= 0.6 is 0 Å². The molecule has 24 heavy (non-hydrogen) atoms. The zero-order valence-corrected chi connectivity index (χ0v) is 14.5. The number of nitrogens with zero attached hydrogens (tertiary/aromatic N) is 2. The van der Waals surface area contributed by atoms with Crippen molar-refractivity contribution >= 4 is 24.2 Å². The number of carbonyl (C=O) groups excluding carboxylic acids is 2. The minimum Gasteiger partial charge on any atom is -0.273 e. The first kappa shape index (κ1) is 18.6. The zero-order valence-electron chi connectivity index (χ0n) is 14.5. The van der Waals surface area contributed by atoms with Gasteiger partial charge in [-0.05, 0) is 37.5 Å². The lowest BCUT2D eigenvalue weighted by Crippen LogP contribution is -2.23. The van der Waals surface area contributed by atoms with Crippen molar-refractivity contribution in [2.75, 3.05) is 0 Å². The maximum Gasteiger partial charge on any atom is 0.240 e. The smallest absolute Gasteiger partial charge is 0.240 e. The first-order valence-electron chi connectivity index (χ1n) is 9.38. The van der Waals surface area contributed by atoms with E-state index in [1.165, 1.54) is 38.5 Å². The van der Waals surface area contributed by atoms with E-state index in [-0.39, 0.29) is 24.7 Å². The molecule has 0 atom stereocenters. The molecular weight excluding hydrogens is 304 g/mol. The molecule has 0 aliphatic heterocycles. The van der Waals surface area contributed by atoms with Crippen molar-refractivity contribution in [2.24, 2.45) is 22.0 Å². The van der Waals surface area contributed by atoms with Crippen LogP contribution in [0.3, 0.4) is 0 Å². The van der Waals surface area contributed by atoms with Gasteiger partial charge in [0.15, 0.2) is 0 Å². The van der Waals surface area contributed by atoms with E-state index in [2.05, 4.69) is 21.1 Å². The third kappa shape index (κ3) is 7.70. The summed E-state index contributed by atoms with van der Waals surface area (Å²) in [5.74, 6) is 0.509. The minimum atomic E-state index is -0.228. The fraction of sp³-hybridized carbons (Fsp3) is 0.778. The van der Waals surface area contributed by atoms with Gasteiger partial charge < -0.3 is 0 Å². The van der Waals surface area contributed by atoms with E-state index >= 15 is 0 Å². The molecule has 0 radical (unpaired) electrons. The average Bonchev–Trinajstić information content (AvgIpc) is 2.62. The van der Waals surface area contributed by atoms with Crippen LogP contribution in [-0.4, -0.2) is 24.2 Å². The van der Waals surface area contributed by atoms with E-state index in [1.807, 2.05) is 12.4 Å². The summed E-state index contributed by atoms with van der Waals surface area (Å²) in [5.41, 5.74) is 5.01. The highest BCUT2D eigenvalue weighted by Crippen LogP contribution is 2.22. The second kappa shape index (κ2) is 10.9. The Balaban J connectivity index is 1.54. The Bertz CT molecular complexity index is 408. The van der Waals surface area contributed by atoms with Gasteiger partial charge in [0, 0.05) is 25.3 Å². The molecule has 0 unspecified atom stereocenters. The van der Waals surface area contributed by atoms with Crippen molar-refractivity contribution in [3.05, 3.63) is 0 Å². The third-order valence-electron chi connectivity index (χ3n) is 4.83. The van der Waals surface area contributed by atoms with Crippen LogP contribution < -0.4 is 10.9 Å². The van der Waals surface area contributed by atoms with E-state index in [0.717, 1.165) is 25.7 Å². The monoisotopic (exact) mass is 334 g/mol. The molecule has 0 heterocycles. The lowest BCUT2D eigenvalue weighted by molar-refractivity contribution is -0.126. The highest BCUT2D eigenvalue weighted by atomic mass is 16.2. The summed E-state index contributed by atoms with van der Waals surface area (Å²) in [6, 6.07) is 0. The van der Waals surface area contributed by atoms with Crippen molar-refractivity contribution in [2.45, 2.75) is 77.0 Å². The molecular formula is C18H30N4O2. The average molecular weight is 334 g/mol. The second-order valence-corrected chi connectivity index (χ2v) is 6.92.